The maximum absolute atomic E-state index is 13.5. The fourth-order valence-electron chi connectivity index (χ4n) is 4.02. The van der Waals surface area contributed by atoms with Crippen molar-refractivity contribution in [3.8, 4) is 0 Å². The Kier molecular flexibility index (Phi) is 7.62. The number of urea groups is 1. The monoisotopic (exact) mass is 503 g/mol. The van der Waals surface area contributed by atoms with Crippen LogP contribution in [-0.2, 0) is 20.9 Å². The smallest absolute Gasteiger partial charge is 0.338 e. The summed E-state index contributed by atoms with van der Waals surface area (Å²) in [5, 5.41) is 2.71. The van der Waals surface area contributed by atoms with E-state index in [0.29, 0.717) is 11.3 Å². The third-order valence-corrected chi connectivity index (χ3v) is 5.94. The Morgan fingerprint density at radius 1 is 0.946 bits per heavy atom. The Bertz CT molecular complexity index is 1310. The highest BCUT2D eigenvalue weighted by Crippen LogP contribution is 2.29. The average Bonchev–Trinajstić information content (AvgIpc) is 3.10. The highest BCUT2D eigenvalue weighted by atomic mass is 19.1. The van der Waals surface area contributed by atoms with E-state index in [1.165, 1.54) is 41.3 Å². The highest BCUT2D eigenvalue weighted by Gasteiger charge is 2.46. The van der Waals surface area contributed by atoms with E-state index in [1.54, 1.807) is 19.1 Å². The van der Waals surface area contributed by atoms with Crippen LogP contribution in [0.4, 0.5) is 20.6 Å². The number of nitrogens with one attached hydrogen (secondary N) is 1. The number of hydrogen-bond donors (Lipinski definition) is 1. The lowest BCUT2D eigenvalue weighted by atomic mass is 10.1. The summed E-state index contributed by atoms with van der Waals surface area (Å²) < 4.78 is 18.4. The topological polar surface area (TPSA) is 96.0 Å². The Labute approximate surface area is 213 Å². The zero-order valence-corrected chi connectivity index (χ0v) is 20.4. The molecule has 8 nitrogen and oxygen atoms in total. The van der Waals surface area contributed by atoms with Crippen molar-refractivity contribution in [3.05, 3.63) is 95.3 Å². The second-order valence-electron chi connectivity index (χ2n) is 8.61. The van der Waals surface area contributed by atoms with Gasteiger partial charge in [0.05, 0.1) is 24.3 Å². The van der Waals surface area contributed by atoms with Gasteiger partial charge in [-0.05, 0) is 67.9 Å². The Morgan fingerprint density at radius 3 is 2.22 bits per heavy atom. The van der Waals surface area contributed by atoms with E-state index in [2.05, 4.69) is 5.32 Å². The van der Waals surface area contributed by atoms with Crippen molar-refractivity contribution in [3.63, 3.8) is 0 Å². The number of hydrogen-bond acceptors (Lipinski definition) is 5. The molecule has 1 fully saturated rings. The molecule has 3 aromatic carbocycles. The van der Waals surface area contributed by atoms with Gasteiger partial charge in [-0.2, -0.15) is 0 Å². The van der Waals surface area contributed by atoms with E-state index in [4.69, 9.17) is 4.74 Å². The van der Waals surface area contributed by atoms with Crippen molar-refractivity contribution < 1.29 is 28.3 Å². The molecule has 190 valence electrons. The normalized spacial score (nSPS) is 15.2. The van der Waals surface area contributed by atoms with Crippen molar-refractivity contribution in [1.29, 1.82) is 0 Å². The molecule has 0 aliphatic carbocycles. The number of anilines is 2. The van der Waals surface area contributed by atoms with E-state index in [0.717, 1.165) is 16.0 Å². The van der Waals surface area contributed by atoms with Gasteiger partial charge in [0.2, 0.25) is 5.91 Å². The van der Waals surface area contributed by atoms with Crippen molar-refractivity contribution in [2.75, 3.05) is 16.8 Å². The summed E-state index contributed by atoms with van der Waals surface area (Å²) in [4.78, 5) is 53.8. The number of amides is 4. The van der Waals surface area contributed by atoms with E-state index in [-0.39, 0.29) is 25.3 Å². The summed E-state index contributed by atoms with van der Waals surface area (Å²) >= 11 is 0. The largest absolute Gasteiger partial charge is 0.462 e. The number of imide groups is 1. The third-order valence-electron chi connectivity index (χ3n) is 5.94. The van der Waals surface area contributed by atoms with Crippen molar-refractivity contribution >= 4 is 35.2 Å². The van der Waals surface area contributed by atoms with Crippen LogP contribution in [0.3, 0.4) is 0 Å². The van der Waals surface area contributed by atoms with Crippen LogP contribution in [0.1, 0.15) is 34.8 Å². The maximum Gasteiger partial charge on any atom is 0.338 e. The van der Waals surface area contributed by atoms with Gasteiger partial charge < -0.3 is 15.0 Å². The SMILES string of the molecule is CCOC(=O)c1ccc(NC(=O)C[C@H]2C(=O)N(c3ccc(F)cc3)C(=O)N2Cc2ccc(C)cc2)cc1. The number of rotatable bonds is 8. The van der Waals surface area contributed by atoms with Gasteiger partial charge in [-0.15, -0.1) is 0 Å². The zero-order valence-electron chi connectivity index (χ0n) is 20.4. The first kappa shape index (κ1) is 25.6. The van der Waals surface area contributed by atoms with Crippen LogP contribution in [0.5, 0.6) is 0 Å². The fraction of sp³-hybridized carbons (Fsp3) is 0.214. The van der Waals surface area contributed by atoms with Gasteiger partial charge in [0.1, 0.15) is 11.9 Å². The molecule has 0 spiro atoms. The summed E-state index contributed by atoms with van der Waals surface area (Å²) in [7, 11) is 0. The van der Waals surface area contributed by atoms with Gasteiger partial charge in [-0.3, -0.25) is 9.59 Å². The lowest BCUT2D eigenvalue weighted by molar-refractivity contribution is -0.124. The van der Waals surface area contributed by atoms with Gasteiger partial charge >= 0.3 is 12.0 Å². The molecule has 1 atom stereocenters. The van der Waals surface area contributed by atoms with Crippen molar-refractivity contribution in [1.82, 2.24) is 4.90 Å². The number of benzene rings is 3. The molecule has 1 saturated heterocycles. The van der Waals surface area contributed by atoms with Crippen molar-refractivity contribution in [2.45, 2.75) is 32.9 Å². The minimum atomic E-state index is -1.06. The molecule has 0 radical (unpaired) electrons. The Hall–Kier alpha value is -4.53. The minimum Gasteiger partial charge on any atom is -0.462 e. The summed E-state index contributed by atoms with van der Waals surface area (Å²) in [6, 6.07) is 17.1. The second kappa shape index (κ2) is 11.0. The van der Waals surface area contributed by atoms with Gasteiger partial charge in [0.15, 0.2) is 0 Å². The molecule has 4 rings (SSSR count). The predicted molar refractivity (Wildman–Crippen MR) is 135 cm³/mol. The first-order chi connectivity index (χ1) is 17.8. The van der Waals surface area contributed by atoms with Crippen LogP contribution in [0, 0.1) is 12.7 Å². The molecule has 9 heteroatoms. The number of carbonyl (C=O) groups is 4. The number of halogens is 1. The van der Waals surface area contributed by atoms with Gasteiger partial charge in [0.25, 0.3) is 5.91 Å². The average molecular weight is 504 g/mol. The molecule has 3 aromatic rings. The van der Waals surface area contributed by atoms with E-state index < -0.39 is 35.7 Å². The first-order valence-electron chi connectivity index (χ1n) is 11.8. The van der Waals surface area contributed by atoms with Gasteiger partial charge in [-0.25, -0.2) is 18.9 Å². The lowest BCUT2D eigenvalue weighted by Gasteiger charge is -2.22. The number of aryl methyl sites for hydroxylation is 1. The predicted octanol–water partition coefficient (Wildman–Crippen LogP) is 4.68. The summed E-state index contributed by atoms with van der Waals surface area (Å²) in [6.45, 7) is 4.02. The summed E-state index contributed by atoms with van der Waals surface area (Å²) in [5.41, 5.74) is 2.84. The van der Waals surface area contributed by atoms with Crippen LogP contribution in [0.15, 0.2) is 72.8 Å². The molecule has 1 aliphatic rings. The fourth-order valence-corrected chi connectivity index (χ4v) is 4.02. The second-order valence-corrected chi connectivity index (χ2v) is 8.61. The number of ether oxygens (including phenoxy) is 1. The first-order valence-corrected chi connectivity index (χ1v) is 11.8. The van der Waals surface area contributed by atoms with Gasteiger partial charge in [0, 0.05) is 12.2 Å². The standard InChI is InChI=1S/C28H26FN3O5/c1-3-37-27(35)20-8-12-22(13-9-20)30-25(33)16-24-26(34)32(23-14-10-21(29)11-15-23)28(36)31(24)17-19-6-4-18(2)5-7-19/h4-15,24H,3,16-17H2,1-2H3,(H,30,33)/t24-/m0/s1. The number of carbonyl (C=O) groups excluding carboxylic acids is 4. The molecule has 0 unspecified atom stereocenters. The van der Waals surface area contributed by atoms with E-state index in [1.807, 2.05) is 31.2 Å². The van der Waals surface area contributed by atoms with Crippen LogP contribution in [0.25, 0.3) is 0 Å². The molecule has 4 amide bonds. The van der Waals surface area contributed by atoms with Crippen LogP contribution >= 0.6 is 0 Å². The van der Waals surface area contributed by atoms with Crippen LogP contribution in [-0.4, -0.2) is 41.4 Å². The highest BCUT2D eigenvalue weighted by molar-refractivity contribution is 6.22. The summed E-state index contributed by atoms with van der Waals surface area (Å²) in [6.07, 6.45) is -0.284. The number of nitrogens with zero attached hydrogens (tertiary/aromatic N) is 2. The molecule has 37 heavy (non-hydrogen) atoms. The molecule has 0 bridgehead atoms. The molecular formula is C28H26FN3O5. The molecule has 1 heterocycles. The number of esters is 1. The molecular weight excluding hydrogens is 477 g/mol. The summed E-state index contributed by atoms with van der Waals surface area (Å²) in [5.74, 6) is -2.02. The van der Waals surface area contributed by atoms with Crippen LogP contribution < -0.4 is 10.2 Å². The lowest BCUT2D eigenvalue weighted by Crippen LogP contribution is -2.37. The quantitative estimate of drug-likeness (QED) is 0.356. The molecule has 0 aromatic heterocycles. The van der Waals surface area contributed by atoms with Crippen molar-refractivity contribution in [2.24, 2.45) is 0 Å². The molecule has 1 aliphatic heterocycles. The van der Waals surface area contributed by atoms with E-state index in [9.17, 15) is 23.6 Å². The third kappa shape index (κ3) is 5.83. The Balaban J connectivity index is 1.54. The van der Waals surface area contributed by atoms with E-state index >= 15 is 0 Å². The van der Waals surface area contributed by atoms with Gasteiger partial charge in [-0.1, -0.05) is 29.8 Å². The Morgan fingerprint density at radius 2 is 1.59 bits per heavy atom. The maximum atomic E-state index is 13.5. The molecule has 1 N–H and O–H groups in total. The van der Waals surface area contributed by atoms with Crippen LogP contribution in [0.2, 0.25) is 0 Å². The minimum absolute atomic E-state index is 0.120. The zero-order chi connectivity index (χ0) is 26.5. The molecule has 0 saturated carbocycles.